The lowest BCUT2D eigenvalue weighted by atomic mass is 9.70. The van der Waals surface area contributed by atoms with Crippen LogP contribution in [0.3, 0.4) is 0 Å². The molecule has 0 radical (unpaired) electrons. The lowest BCUT2D eigenvalue weighted by Crippen LogP contribution is -2.26. The fourth-order valence-electron chi connectivity index (χ4n) is 6.36. The van der Waals surface area contributed by atoms with Crippen LogP contribution in [0, 0.1) is 0 Å². The first-order chi connectivity index (χ1) is 18.8. The standard InChI is InChI=1S/C35H25N3/c1-36-33(23-12-4-3-5-13-23)38-34(37-2)24-20-21-28-27-16-8-11-19-31(27)35(32(28)22-24)29-17-9-6-14-25(29)26-15-7-10-18-30(26)35/h3-22H,2H2,1H3/b36-33-,38-34-. The van der Waals surface area contributed by atoms with E-state index in [1.54, 1.807) is 7.05 Å². The Morgan fingerprint density at radius 3 is 1.55 bits per heavy atom. The highest BCUT2D eigenvalue weighted by Crippen LogP contribution is 2.62. The molecule has 0 saturated carbocycles. The molecule has 5 aromatic carbocycles. The Kier molecular flexibility index (Phi) is 5.05. The van der Waals surface area contributed by atoms with Gasteiger partial charge in [-0.2, -0.15) is 0 Å². The van der Waals surface area contributed by atoms with Crippen molar-refractivity contribution in [1.82, 2.24) is 0 Å². The van der Waals surface area contributed by atoms with Gasteiger partial charge >= 0.3 is 0 Å². The second-order valence-corrected chi connectivity index (χ2v) is 9.65. The Balaban J connectivity index is 1.50. The molecule has 2 aliphatic carbocycles. The third kappa shape index (κ3) is 2.99. The summed E-state index contributed by atoms with van der Waals surface area (Å²) < 4.78 is 0. The minimum atomic E-state index is -0.400. The predicted octanol–water partition coefficient (Wildman–Crippen LogP) is 7.55. The first kappa shape index (κ1) is 22.3. The van der Waals surface area contributed by atoms with Crippen LogP contribution in [0.4, 0.5) is 0 Å². The van der Waals surface area contributed by atoms with E-state index < -0.39 is 5.41 Å². The van der Waals surface area contributed by atoms with Crippen LogP contribution in [-0.4, -0.2) is 25.4 Å². The maximum Gasteiger partial charge on any atom is 0.161 e. The van der Waals surface area contributed by atoms with Gasteiger partial charge in [0.2, 0.25) is 0 Å². The zero-order valence-corrected chi connectivity index (χ0v) is 21.1. The van der Waals surface area contributed by atoms with E-state index in [-0.39, 0.29) is 0 Å². The van der Waals surface area contributed by atoms with Crippen molar-refractivity contribution in [3.05, 3.63) is 155 Å². The Morgan fingerprint density at radius 2 is 1.03 bits per heavy atom. The molecule has 0 fully saturated rings. The van der Waals surface area contributed by atoms with Gasteiger partial charge in [0.1, 0.15) is 0 Å². The maximum atomic E-state index is 4.87. The normalized spacial score (nSPS) is 14.6. The summed E-state index contributed by atoms with van der Waals surface area (Å²) in [5.41, 5.74) is 11.7. The van der Waals surface area contributed by atoms with Gasteiger partial charge in [0.05, 0.1) is 5.41 Å². The molecule has 0 amide bonds. The van der Waals surface area contributed by atoms with Crippen LogP contribution in [0.25, 0.3) is 22.3 Å². The van der Waals surface area contributed by atoms with Gasteiger partial charge in [0.25, 0.3) is 0 Å². The van der Waals surface area contributed by atoms with Crippen molar-refractivity contribution in [2.24, 2.45) is 15.0 Å². The number of hydrogen-bond donors (Lipinski definition) is 0. The molecule has 0 unspecified atom stereocenters. The zero-order valence-electron chi connectivity index (χ0n) is 21.1. The molecule has 0 aliphatic heterocycles. The van der Waals surface area contributed by atoms with Gasteiger partial charge in [-0.15, -0.1) is 0 Å². The highest BCUT2D eigenvalue weighted by atomic mass is 15.0. The number of amidine groups is 2. The van der Waals surface area contributed by atoms with E-state index >= 15 is 0 Å². The molecule has 180 valence electrons. The molecule has 3 heteroatoms. The highest BCUT2D eigenvalue weighted by Gasteiger charge is 2.51. The molecule has 0 heterocycles. The summed E-state index contributed by atoms with van der Waals surface area (Å²) in [5, 5.41) is 0. The number of benzene rings is 5. The Morgan fingerprint density at radius 1 is 0.526 bits per heavy atom. The molecule has 0 bridgehead atoms. The van der Waals surface area contributed by atoms with Crippen LogP contribution in [0.1, 0.15) is 33.4 Å². The van der Waals surface area contributed by atoms with Crippen molar-refractivity contribution >= 4 is 18.4 Å². The van der Waals surface area contributed by atoms with Crippen molar-refractivity contribution in [3.8, 4) is 22.3 Å². The average Bonchev–Trinajstić information content (AvgIpc) is 3.45. The number of hydrogen-bond acceptors (Lipinski definition) is 1. The molecular weight excluding hydrogens is 462 g/mol. The summed E-state index contributed by atoms with van der Waals surface area (Å²) in [7, 11) is 1.76. The summed E-state index contributed by atoms with van der Waals surface area (Å²) >= 11 is 0. The number of nitrogens with zero attached hydrogens (tertiary/aromatic N) is 3. The van der Waals surface area contributed by atoms with E-state index in [0.717, 1.165) is 11.1 Å². The van der Waals surface area contributed by atoms with Gasteiger partial charge < -0.3 is 0 Å². The van der Waals surface area contributed by atoms with Crippen molar-refractivity contribution < 1.29 is 0 Å². The van der Waals surface area contributed by atoms with Gasteiger partial charge in [-0.25, -0.2) is 9.98 Å². The van der Waals surface area contributed by atoms with Crippen LogP contribution in [0.15, 0.2) is 136 Å². The van der Waals surface area contributed by atoms with Gasteiger partial charge in [-0.1, -0.05) is 115 Å². The van der Waals surface area contributed by atoms with Crippen LogP contribution >= 0.6 is 0 Å². The molecule has 3 nitrogen and oxygen atoms in total. The van der Waals surface area contributed by atoms with E-state index in [0.29, 0.717) is 11.7 Å². The third-order valence-corrected chi connectivity index (χ3v) is 7.86. The van der Waals surface area contributed by atoms with E-state index in [2.05, 4.69) is 108 Å². The summed E-state index contributed by atoms with van der Waals surface area (Å²) in [5.74, 6) is 1.19. The van der Waals surface area contributed by atoms with E-state index in [9.17, 15) is 0 Å². The number of fused-ring (bicyclic) bond motifs is 10. The molecule has 0 saturated heterocycles. The Labute approximate surface area is 222 Å². The third-order valence-electron chi connectivity index (χ3n) is 7.86. The van der Waals surface area contributed by atoms with E-state index in [1.165, 1.54) is 44.5 Å². The molecular formula is C35H25N3. The van der Waals surface area contributed by atoms with Crippen molar-refractivity contribution in [2.75, 3.05) is 7.05 Å². The molecule has 38 heavy (non-hydrogen) atoms. The highest BCUT2D eigenvalue weighted by molar-refractivity contribution is 6.13. The Bertz CT molecular complexity index is 1730. The van der Waals surface area contributed by atoms with Crippen LogP contribution in [-0.2, 0) is 5.41 Å². The summed E-state index contributed by atoms with van der Waals surface area (Å²) in [4.78, 5) is 13.7. The van der Waals surface area contributed by atoms with Crippen LogP contribution < -0.4 is 0 Å². The van der Waals surface area contributed by atoms with Gasteiger partial charge in [-0.05, 0) is 57.3 Å². The smallest absolute Gasteiger partial charge is 0.161 e. The lowest BCUT2D eigenvalue weighted by Gasteiger charge is -2.30. The quantitative estimate of drug-likeness (QED) is 0.178. The lowest BCUT2D eigenvalue weighted by molar-refractivity contribution is 0.793. The fourth-order valence-corrected chi connectivity index (χ4v) is 6.36. The fraction of sp³-hybridized carbons (Fsp3) is 0.0571. The van der Waals surface area contributed by atoms with Crippen molar-refractivity contribution in [3.63, 3.8) is 0 Å². The van der Waals surface area contributed by atoms with Gasteiger partial charge in [0.15, 0.2) is 11.7 Å². The number of aliphatic imine (C=N–C) groups is 3. The monoisotopic (exact) mass is 487 g/mol. The maximum absolute atomic E-state index is 4.87. The number of rotatable bonds is 2. The first-order valence-corrected chi connectivity index (χ1v) is 12.8. The first-order valence-electron chi connectivity index (χ1n) is 12.8. The second-order valence-electron chi connectivity index (χ2n) is 9.65. The topological polar surface area (TPSA) is 37.1 Å². The minimum Gasteiger partial charge on any atom is -0.270 e. The van der Waals surface area contributed by atoms with Gasteiger partial charge in [0, 0.05) is 18.2 Å². The summed E-state index contributed by atoms with van der Waals surface area (Å²) in [6.07, 6.45) is 0. The minimum absolute atomic E-state index is 0.400. The Hall–Kier alpha value is -4.89. The molecule has 5 aromatic rings. The summed E-state index contributed by atoms with van der Waals surface area (Å²) in [6.45, 7) is 3.88. The molecule has 7 rings (SSSR count). The molecule has 2 aliphatic rings. The van der Waals surface area contributed by atoms with E-state index in [4.69, 9.17) is 4.99 Å². The van der Waals surface area contributed by atoms with Gasteiger partial charge in [-0.3, -0.25) is 4.99 Å². The summed E-state index contributed by atoms with van der Waals surface area (Å²) in [6, 6.07) is 43.0. The molecule has 1 spiro atoms. The average molecular weight is 488 g/mol. The molecule has 0 aromatic heterocycles. The SMILES string of the molecule is C=N/C(=N\C(=N/C)c1ccccc1)c1ccc2c(c1)C1(c3ccccc3-c3ccccc31)c1ccccc1-2. The largest absolute Gasteiger partial charge is 0.270 e. The molecule has 0 atom stereocenters. The zero-order chi connectivity index (χ0) is 25.7. The second kappa shape index (κ2) is 8.60. The van der Waals surface area contributed by atoms with Crippen molar-refractivity contribution in [1.29, 1.82) is 0 Å². The molecule has 0 N–H and O–H groups in total. The van der Waals surface area contributed by atoms with Crippen LogP contribution in [0.2, 0.25) is 0 Å². The predicted molar refractivity (Wildman–Crippen MR) is 158 cm³/mol. The van der Waals surface area contributed by atoms with Crippen molar-refractivity contribution in [2.45, 2.75) is 5.41 Å². The van der Waals surface area contributed by atoms with E-state index in [1.807, 2.05) is 30.3 Å². The van der Waals surface area contributed by atoms with Crippen LogP contribution in [0.5, 0.6) is 0 Å².